The number of nitro groups is 1. The summed E-state index contributed by atoms with van der Waals surface area (Å²) in [6, 6.07) is 9.46. The molecule has 2 aromatic carbocycles. The van der Waals surface area contributed by atoms with Crippen LogP contribution in [0.15, 0.2) is 42.5 Å². The molecule has 0 saturated carbocycles. The highest BCUT2D eigenvalue weighted by molar-refractivity contribution is 5.94. The maximum Gasteiger partial charge on any atom is 0.271 e. The van der Waals surface area contributed by atoms with E-state index in [9.17, 15) is 19.3 Å². The number of nitro benzene ring substituents is 1. The van der Waals surface area contributed by atoms with Gasteiger partial charge in [-0.3, -0.25) is 14.9 Å². The van der Waals surface area contributed by atoms with Gasteiger partial charge in [-0.05, 0) is 37.3 Å². The van der Waals surface area contributed by atoms with Crippen LogP contribution in [0.5, 0.6) is 11.5 Å². The van der Waals surface area contributed by atoms with Crippen LogP contribution in [0.1, 0.15) is 6.92 Å². The third-order valence-electron chi connectivity index (χ3n) is 3.16. The van der Waals surface area contributed by atoms with Crippen LogP contribution in [0.2, 0.25) is 0 Å². The monoisotopic (exact) mass is 334 g/mol. The molecule has 126 valence electrons. The van der Waals surface area contributed by atoms with Crippen molar-refractivity contribution in [1.82, 2.24) is 0 Å². The fourth-order valence-electron chi connectivity index (χ4n) is 1.87. The van der Waals surface area contributed by atoms with Crippen molar-refractivity contribution in [2.45, 2.75) is 13.0 Å². The average molecular weight is 334 g/mol. The number of ether oxygens (including phenoxy) is 2. The molecule has 0 heterocycles. The number of nitrogens with zero attached hydrogens (tertiary/aromatic N) is 1. The molecule has 0 aromatic heterocycles. The maximum atomic E-state index is 13.7. The van der Waals surface area contributed by atoms with E-state index in [4.69, 9.17) is 9.47 Å². The summed E-state index contributed by atoms with van der Waals surface area (Å²) in [5, 5.41) is 13.0. The summed E-state index contributed by atoms with van der Waals surface area (Å²) in [7, 11) is 1.53. The zero-order valence-corrected chi connectivity index (χ0v) is 13.0. The number of nitrogens with one attached hydrogen (secondary N) is 1. The van der Waals surface area contributed by atoms with Gasteiger partial charge in [0.1, 0.15) is 17.3 Å². The summed E-state index contributed by atoms with van der Waals surface area (Å²) >= 11 is 0. The average Bonchev–Trinajstić information content (AvgIpc) is 2.57. The van der Waals surface area contributed by atoms with Gasteiger partial charge in [0, 0.05) is 12.1 Å². The highest BCUT2D eigenvalue weighted by Gasteiger charge is 2.18. The van der Waals surface area contributed by atoms with Gasteiger partial charge in [-0.15, -0.1) is 0 Å². The first kappa shape index (κ1) is 17.2. The standard InChI is InChI=1S/C16H15FN2O5/c1-10(24-13-6-4-12(23-2)5-7-13)16(20)18-15-9-11(19(21)22)3-8-14(15)17/h3-10H,1-2H3,(H,18,20). The molecule has 8 heteroatoms. The smallest absolute Gasteiger partial charge is 0.271 e. The molecule has 2 rings (SSSR count). The Morgan fingerprint density at radius 3 is 2.42 bits per heavy atom. The number of benzene rings is 2. The molecule has 0 aliphatic rings. The minimum atomic E-state index is -0.933. The Labute approximate surface area is 137 Å². The molecular formula is C16H15FN2O5. The van der Waals surface area contributed by atoms with Crippen molar-refractivity contribution in [3.63, 3.8) is 0 Å². The number of non-ortho nitro benzene ring substituents is 1. The summed E-state index contributed by atoms with van der Waals surface area (Å²) in [5.74, 6) is -0.341. The van der Waals surface area contributed by atoms with Gasteiger partial charge in [-0.2, -0.15) is 0 Å². The van der Waals surface area contributed by atoms with Gasteiger partial charge in [0.15, 0.2) is 6.10 Å². The molecule has 1 unspecified atom stereocenters. The van der Waals surface area contributed by atoms with E-state index in [1.54, 1.807) is 24.3 Å². The molecule has 0 aliphatic carbocycles. The fraction of sp³-hybridized carbons (Fsp3) is 0.188. The number of anilines is 1. The van der Waals surface area contributed by atoms with Crippen LogP contribution in [0, 0.1) is 15.9 Å². The van der Waals surface area contributed by atoms with Crippen LogP contribution < -0.4 is 14.8 Å². The lowest BCUT2D eigenvalue weighted by molar-refractivity contribution is -0.384. The number of carbonyl (C=O) groups is 1. The molecule has 7 nitrogen and oxygen atoms in total. The SMILES string of the molecule is COc1ccc(OC(C)C(=O)Nc2cc([N+](=O)[O-])ccc2F)cc1. The molecule has 24 heavy (non-hydrogen) atoms. The van der Waals surface area contributed by atoms with E-state index >= 15 is 0 Å². The molecule has 0 aliphatic heterocycles. The second-order valence-electron chi connectivity index (χ2n) is 4.85. The molecule has 1 amide bonds. The van der Waals surface area contributed by atoms with Crippen molar-refractivity contribution in [2.24, 2.45) is 0 Å². The van der Waals surface area contributed by atoms with Crippen molar-refractivity contribution in [3.8, 4) is 11.5 Å². The first-order valence-electron chi connectivity index (χ1n) is 6.96. The third-order valence-corrected chi connectivity index (χ3v) is 3.16. The van der Waals surface area contributed by atoms with Gasteiger partial charge >= 0.3 is 0 Å². The summed E-state index contributed by atoms with van der Waals surface area (Å²) in [4.78, 5) is 22.1. The van der Waals surface area contributed by atoms with Crippen LogP contribution in [0.3, 0.4) is 0 Å². The van der Waals surface area contributed by atoms with Gasteiger partial charge in [-0.25, -0.2) is 4.39 Å². The van der Waals surface area contributed by atoms with E-state index in [-0.39, 0.29) is 11.4 Å². The number of carbonyl (C=O) groups excluding carboxylic acids is 1. The molecule has 0 fully saturated rings. The van der Waals surface area contributed by atoms with Crippen LogP contribution in [0.4, 0.5) is 15.8 Å². The van der Waals surface area contributed by atoms with Crippen molar-refractivity contribution in [2.75, 3.05) is 12.4 Å². The molecule has 0 spiro atoms. The van der Waals surface area contributed by atoms with Crippen LogP contribution in [-0.4, -0.2) is 24.0 Å². The zero-order valence-electron chi connectivity index (χ0n) is 13.0. The van der Waals surface area contributed by atoms with Gasteiger partial charge in [-0.1, -0.05) is 0 Å². The lowest BCUT2D eigenvalue weighted by Gasteiger charge is -2.15. The molecule has 1 atom stereocenters. The maximum absolute atomic E-state index is 13.7. The molecule has 0 saturated heterocycles. The number of halogens is 1. The highest BCUT2D eigenvalue weighted by atomic mass is 19.1. The second kappa shape index (κ2) is 7.40. The lowest BCUT2D eigenvalue weighted by Crippen LogP contribution is -2.30. The predicted molar refractivity (Wildman–Crippen MR) is 84.8 cm³/mol. The van der Waals surface area contributed by atoms with Crippen LogP contribution >= 0.6 is 0 Å². The minimum absolute atomic E-state index is 0.278. The van der Waals surface area contributed by atoms with Gasteiger partial charge in [0.2, 0.25) is 0 Å². The van der Waals surface area contributed by atoms with Crippen molar-refractivity contribution < 1.29 is 23.6 Å². The Morgan fingerprint density at radius 2 is 1.83 bits per heavy atom. The van der Waals surface area contributed by atoms with E-state index in [2.05, 4.69) is 5.32 Å². The minimum Gasteiger partial charge on any atom is -0.497 e. The van der Waals surface area contributed by atoms with Crippen molar-refractivity contribution in [3.05, 3.63) is 58.4 Å². The summed E-state index contributed by atoms with van der Waals surface area (Å²) in [6.45, 7) is 1.48. The number of rotatable bonds is 6. The van der Waals surface area contributed by atoms with E-state index < -0.39 is 22.8 Å². The van der Waals surface area contributed by atoms with Crippen molar-refractivity contribution in [1.29, 1.82) is 0 Å². The molecule has 2 aromatic rings. The van der Waals surface area contributed by atoms with Gasteiger partial charge in [0.05, 0.1) is 17.7 Å². The Bertz CT molecular complexity index is 749. The van der Waals surface area contributed by atoms with E-state index in [0.717, 1.165) is 18.2 Å². The zero-order chi connectivity index (χ0) is 17.7. The topological polar surface area (TPSA) is 90.7 Å². The van der Waals surface area contributed by atoms with Crippen molar-refractivity contribution >= 4 is 17.3 Å². The number of hydrogen-bond donors (Lipinski definition) is 1. The summed E-state index contributed by atoms with van der Waals surface area (Å²) < 4.78 is 24.1. The Hall–Kier alpha value is -3.16. The highest BCUT2D eigenvalue weighted by Crippen LogP contribution is 2.22. The first-order chi connectivity index (χ1) is 11.4. The largest absolute Gasteiger partial charge is 0.497 e. The van der Waals surface area contributed by atoms with Crippen LogP contribution in [0.25, 0.3) is 0 Å². The predicted octanol–water partition coefficient (Wildman–Crippen LogP) is 3.15. The number of amides is 1. The fourth-order valence-corrected chi connectivity index (χ4v) is 1.87. The quantitative estimate of drug-likeness (QED) is 0.647. The van der Waals surface area contributed by atoms with E-state index in [1.165, 1.54) is 14.0 Å². The Kier molecular flexibility index (Phi) is 5.31. The van der Waals surface area contributed by atoms with Crippen LogP contribution in [-0.2, 0) is 4.79 Å². The third kappa shape index (κ3) is 4.19. The normalized spacial score (nSPS) is 11.5. The Balaban J connectivity index is 2.05. The lowest BCUT2D eigenvalue weighted by atomic mass is 10.2. The summed E-state index contributed by atoms with van der Waals surface area (Å²) in [6.07, 6.45) is -0.933. The van der Waals surface area contributed by atoms with E-state index in [0.29, 0.717) is 11.5 Å². The Morgan fingerprint density at radius 1 is 1.21 bits per heavy atom. The second-order valence-corrected chi connectivity index (χ2v) is 4.85. The number of hydrogen-bond acceptors (Lipinski definition) is 5. The molecular weight excluding hydrogens is 319 g/mol. The molecule has 1 N–H and O–H groups in total. The molecule has 0 radical (unpaired) electrons. The molecule has 0 bridgehead atoms. The van der Waals surface area contributed by atoms with Gasteiger partial charge in [0.25, 0.3) is 11.6 Å². The first-order valence-corrected chi connectivity index (χ1v) is 6.96. The van der Waals surface area contributed by atoms with E-state index in [1.807, 2.05) is 0 Å². The number of methoxy groups -OCH3 is 1. The van der Waals surface area contributed by atoms with Gasteiger partial charge < -0.3 is 14.8 Å². The summed E-state index contributed by atoms with van der Waals surface area (Å²) in [5.41, 5.74) is -0.602.